The Morgan fingerprint density at radius 2 is 2.00 bits per heavy atom. The number of ketones is 1. The van der Waals surface area contributed by atoms with Crippen LogP contribution in [-0.4, -0.2) is 30.4 Å². The highest BCUT2D eigenvalue weighted by Crippen LogP contribution is 2.34. The zero-order valence-corrected chi connectivity index (χ0v) is 17.4. The number of aromatic amines is 1. The number of sulfone groups is 1. The highest BCUT2D eigenvalue weighted by molar-refractivity contribution is 7.90. The van der Waals surface area contributed by atoms with E-state index in [4.69, 9.17) is 4.74 Å². The minimum absolute atomic E-state index is 0.249. The molecule has 1 heterocycles. The van der Waals surface area contributed by atoms with Crippen molar-refractivity contribution in [2.24, 2.45) is 5.92 Å². The van der Waals surface area contributed by atoms with E-state index >= 15 is 0 Å². The van der Waals surface area contributed by atoms with Gasteiger partial charge in [0.25, 0.3) is 0 Å². The second kappa shape index (κ2) is 8.31. The van der Waals surface area contributed by atoms with Crippen molar-refractivity contribution in [3.63, 3.8) is 0 Å². The third-order valence-corrected chi connectivity index (χ3v) is 6.30. The van der Waals surface area contributed by atoms with Crippen molar-refractivity contribution in [2.75, 3.05) is 11.6 Å². The van der Waals surface area contributed by atoms with Crippen LogP contribution in [0.1, 0.15) is 24.8 Å². The molecule has 1 fully saturated rings. The molecule has 8 heteroatoms. The van der Waals surface area contributed by atoms with Crippen LogP contribution in [0.2, 0.25) is 0 Å². The molecular formula is C22H23N3O4S. The molecule has 3 aromatic rings. The SMILES string of the molecule is CS(=O)(=O)c1ccc(Oc2ccc(Nc3cnc[nH]3)cc2CC2CCC(=O)C2)cc1. The summed E-state index contributed by atoms with van der Waals surface area (Å²) in [5.41, 5.74) is 1.88. The van der Waals surface area contributed by atoms with Gasteiger partial charge in [0.15, 0.2) is 9.84 Å². The highest BCUT2D eigenvalue weighted by atomic mass is 32.2. The van der Waals surface area contributed by atoms with Crippen LogP contribution in [-0.2, 0) is 21.1 Å². The van der Waals surface area contributed by atoms with Crippen LogP contribution in [0.5, 0.6) is 11.5 Å². The number of benzene rings is 2. The zero-order valence-electron chi connectivity index (χ0n) is 16.6. The van der Waals surface area contributed by atoms with Gasteiger partial charge in [-0.05, 0) is 66.8 Å². The molecule has 1 saturated carbocycles. The maximum Gasteiger partial charge on any atom is 0.175 e. The Morgan fingerprint density at radius 1 is 1.20 bits per heavy atom. The van der Waals surface area contributed by atoms with Crippen LogP contribution >= 0.6 is 0 Å². The van der Waals surface area contributed by atoms with Crippen molar-refractivity contribution in [2.45, 2.75) is 30.6 Å². The summed E-state index contributed by atoms with van der Waals surface area (Å²) in [4.78, 5) is 19.0. The number of carbonyl (C=O) groups is 1. The van der Waals surface area contributed by atoms with Gasteiger partial charge in [0.05, 0.1) is 17.4 Å². The lowest BCUT2D eigenvalue weighted by molar-refractivity contribution is -0.117. The molecule has 1 aliphatic rings. The second-order valence-electron chi connectivity index (χ2n) is 7.61. The minimum atomic E-state index is -3.26. The molecule has 2 aromatic carbocycles. The number of nitrogens with one attached hydrogen (secondary N) is 2. The maximum absolute atomic E-state index is 11.7. The fourth-order valence-electron chi connectivity index (χ4n) is 3.65. The molecule has 0 saturated heterocycles. The molecule has 0 spiro atoms. The van der Waals surface area contributed by atoms with Gasteiger partial charge in [0, 0.05) is 24.8 Å². The van der Waals surface area contributed by atoms with E-state index in [-0.39, 0.29) is 4.90 Å². The summed E-state index contributed by atoms with van der Waals surface area (Å²) in [5, 5.41) is 3.27. The quantitative estimate of drug-likeness (QED) is 0.586. The van der Waals surface area contributed by atoms with Crippen LogP contribution in [0.4, 0.5) is 11.5 Å². The molecule has 0 aliphatic heterocycles. The summed E-state index contributed by atoms with van der Waals surface area (Å²) >= 11 is 0. The van der Waals surface area contributed by atoms with Crippen LogP contribution < -0.4 is 10.1 Å². The Hall–Kier alpha value is -3.13. The molecule has 0 radical (unpaired) electrons. The van der Waals surface area contributed by atoms with E-state index in [2.05, 4.69) is 15.3 Å². The summed E-state index contributed by atoms with van der Waals surface area (Å²) < 4.78 is 29.4. The summed E-state index contributed by atoms with van der Waals surface area (Å²) in [6.07, 6.45) is 7.34. The second-order valence-corrected chi connectivity index (χ2v) is 9.63. The van der Waals surface area contributed by atoms with Crippen molar-refractivity contribution >= 4 is 27.1 Å². The summed E-state index contributed by atoms with van der Waals surface area (Å²) in [5.74, 6) is 2.64. The lowest BCUT2D eigenvalue weighted by Crippen LogP contribution is -2.03. The van der Waals surface area contributed by atoms with Gasteiger partial charge >= 0.3 is 0 Å². The van der Waals surface area contributed by atoms with E-state index in [9.17, 15) is 13.2 Å². The number of rotatable bonds is 7. The molecule has 4 rings (SSSR count). The van der Waals surface area contributed by atoms with E-state index in [0.29, 0.717) is 36.0 Å². The number of aromatic nitrogens is 2. The van der Waals surface area contributed by atoms with Gasteiger partial charge in [-0.3, -0.25) is 4.79 Å². The molecule has 1 aromatic heterocycles. The zero-order chi connectivity index (χ0) is 21.1. The topological polar surface area (TPSA) is 101 Å². The van der Waals surface area contributed by atoms with Crippen LogP contribution in [0.15, 0.2) is 59.9 Å². The predicted molar refractivity (Wildman–Crippen MR) is 114 cm³/mol. The summed E-state index contributed by atoms with van der Waals surface area (Å²) in [7, 11) is -3.26. The summed E-state index contributed by atoms with van der Waals surface area (Å²) in [6.45, 7) is 0. The molecule has 1 unspecified atom stereocenters. The lowest BCUT2D eigenvalue weighted by Gasteiger charge is -2.16. The molecule has 156 valence electrons. The number of hydrogen-bond donors (Lipinski definition) is 2. The van der Waals surface area contributed by atoms with Gasteiger partial charge in [0.1, 0.15) is 23.1 Å². The van der Waals surface area contributed by atoms with E-state index < -0.39 is 9.84 Å². The normalized spacial score (nSPS) is 16.6. The van der Waals surface area contributed by atoms with Gasteiger partial charge in [0.2, 0.25) is 0 Å². The smallest absolute Gasteiger partial charge is 0.175 e. The number of imidazole rings is 1. The Bertz CT molecular complexity index is 1140. The Kier molecular flexibility index (Phi) is 5.59. The van der Waals surface area contributed by atoms with E-state index in [1.807, 2.05) is 18.2 Å². The first kappa shape index (κ1) is 20.2. The molecule has 0 bridgehead atoms. The number of anilines is 2. The number of hydrogen-bond acceptors (Lipinski definition) is 6. The fourth-order valence-corrected chi connectivity index (χ4v) is 4.28. The van der Waals surface area contributed by atoms with E-state index in [1.54, 1.807) is 24.7 Å². The first-order chi connectivity index (χ1) is 14.4. The van der Waals surface area contributed by atoms with E-state index in [1.165, 1.54) is 18.4 Å². The van der Waals surface area contributed by atoms with Gasteiger partial charge in [-0.1, -0.05) is 0 Å². The lowest BCUT2D eigenvalue weighted by atomic mass is 9.97. The van der Waals surface area contributed by atoms with Crippen molar-refractivity contribution in [1.82, 2.24) is 9.97 Å². The average Bonchev–Trinajstić information content (AvgIpc) is 3.35. The average molecular weight is 426 g/mol. The minimum Gasteiger partial charge on any atom is -0.457 e. The van der Waals surface area contributed by atoms with E-state index in [0.717, 1.165) is 29.9 Å². The van der Waals surface area contributed by atoms with Crippen molar-refractivity contribution in [1.29, 1.82) is 0 Å². The molecule has 0 amide bonds. The molecule has 7 nitrogen and oxygen atoms in total. The van der Waals surface area contributed by atoms with Crippen molar-refractivity contribution in [3.8, 4) is 11.5 Å². The molecule has 30 heavy (non-hydrogen) atoms. The van der Waals surface area contributed by atoms with Gasteiger partial charge < -0.3 is 15.0 Å². The molecule has 1 aliphatic carbocycles. The largest absolute Gasteiger partial charge is 0.457 e. The summed E-state index contributed by atoms with van der Waals surface area (Å²) in [6, 6.07) is 12.2. The highest BCUT2D eigenvalue weighted by Gasteiger charge is 2.23. The van der Waals surface area contributed by atoms with Crippen molar-refractivity contribution < 1.29 is 17.9 Å². The number of Topliss-reactive ketones (excluding diaryl/α,β-unsaturated/α-hetero) is 1. The number of H-pyrrole nitrogens is 1. The maximum atomic E-state index is 11.7. The third kappa shape index (κ3) is 4.88. The van der Waals surface area contributed by atoms with Gasteiger partial charge in [-0.25, -0.2) is 13.4 Å². The number of nitrogens with zero attached hydrogens (tertiary/aromatic N) is 1. The third-order valence-electron chi connectivity index (χ3n) is 5.17. The standard InChI is InChI=1S/C22H23N3O4S/c1-30(27,28)20-7-5-19(6-8-20)29-21-9-3-17(25-22-13-23-14-24-22)12-16(21)10-15-2-4-18(26)11-15/h3,5-9,12-15,25H,2,4,10-11H2,1H3,(H,23,24). The van der Waals surface area contributed by atoms with Crippen LogP contribution in [0.25, 0.3) is 0 Å². The Balaban J connectivity index is 1.59. The fraction of sp³-hybridized carbons (Fsp3) is 0.273. The van der Waals surface area contributed by atoms with Crippen LogP contribution in [0.3, 0.4) is 0 Å². The number of carbonyl (C=O) groups excluding carboxylic acids is 1. The predicted octanol–water partition coefficient (Wildman–Crippen LogP) is 4.26. The van der Waals surface area contributed by atoms with Gasteiger partial charge in [-0.2, -0.15) is 0 Å². The first-order valence-electron chi connectivity index (χ1n) is 9.75. The van der Waals surface area contributed by atoms with Gasteiger partial charge in [-0.15, -0.1) is 0 Å². The van der Waals surface area contributed by atoms with Crippen molar-refractivity contribution in [3.05, 3.63) is 60.6 Å². The first-order valence-corrected chi connectivity index (χ1v) is 11.6. The Morgan fingerprint density at radius 3 is 2.63 bits per heavy atom. The molecule has 1 atom stereocenters. The molecular weight excluding hydrogens is 402 g/mol. The Labute approximate surface area is 175 Å². The van der Waals surface area contributed by atoms with Crippen LogP contribution in [0, 0.1) is 5.92 Å². The number of ether oxygens (including phenoxy) is 1. The molecule has 2 N–H and O–H groups in total. The monoisotopic (exact) mass is 425 g/mol.